The maximum atomic E-state index is 9.73. The van der Waals surface area contributed by atoms with Crippen LogP contribution in [0.3, 0.4) is 0 Å². The summed E-state index contributed by atoms with van der Waals surface area (Å²) in [5.74, 6) is 0. The molecule has 0 aliphatic heterocycles. The summed E-state index contributed by atoms with van der Waals surface area (Å²) in [6.45, 7) is 0.0568. The molecular weight excluding hydrogens is 368 g/mol. The molecule has 2 heteroatoms. The third-order valence-electron chi connectivity index (χ3n) is 6.28. The van der Waals surface area contributed by atoms with Crippen LogP contribution in [0.5, 0.6) is 0 Å². The molecule has 144 valence electrons. The smallest absolute Gasteiger partial charge is 0.0682 e. The second kappa shape index (κ2) is 6.53. The fourth-order valence-corrected chi connectivity index (χ4v) is 4.79. The van der Waals surface area contributed by atoms with Crippen LogP contribution in [0.1, 0.15) is 11.1 Å². The van der Waals surface area contributed by atoms with E-state index in [0.717, 1.165) is 21.9 Å². The van der Waals surface area contributed by atoms with Gasteiger partial charge in [0.25, 0.3) is 0 Å². The Morgan fingerprint density at radius 1 is 0.400 bits per heavy atom. The van der Waals surface area contributed by atoms with Crippen LogP contribution in [-0.2, 0) is 13.2 Å². The first-order valence-electron chi connectivity index (χ1n) is 10.2. The van der Waals surface area contributed by atoms with E-state index in [9.17, 15) is 10.2 Å². The molecule has 0 amide bonds. The molecule has 2 nitrogen and oxygen atoms in total. The summed E-state index contributed by atoms with van der Waals surface area (Å²) in [7, 11) is 0. The highest BCUT2D eigenvalue weighted by molar-refractivity contribution is 6.32. The molecule has 0 aliphatic carbocycles. The molecular formula is C28H20O2. The third-order valence-corrected chi connectivity index (χ3v) is 6.28. The molecule has 0 aromatic heterocycles. The normalized spacial score (nSPS) is 11.9. The van der Waals surface area contributed by atoms with Gasteiger partial charge in [-0.2, -0.15) is 0 Å². The fraction of sp³-hybridized carbons (Fsp3) is 0.0714. The second-order valence-electron chi connectivity index (χ2n) is 7.98. The minimum absolute atomic E-state index is 0.0284. The molecule has 0 radical (unpaired) electrons. The van der Waals surface area contributed by atoms with E-state index in [-0.39, 0.29) is 13.2 Å². The van der Waals surface area contributed by atoms with Crippen LogP contribution >= 0.6 is 0 Å². The minimum atomic E-state index is 0.0284. The Kier molecular flexibility index (Phi) is 3.79. The number of aliphatic hydroxyl groups is 2. The zero-order valence-corrected chi connectivity index (χ0v) is 16.4. The molecule has 30 heavy (non-hydrogen) atoms. The largest absolute Gasteiger partial charge is 0.392 e. The minimum Gasteiger partial charge on any atom is -0.392 e. The number of hydrogen-bond acceptors (Lipinski definition) is 2. The Morgan fingerprint density at radius 3 is 1.13 bits per heavy atom. The van der Waals surface area contributed by atoms with Crippen LogP contribution in [0.4, 0.5) is 0 Å². The van der Waals surface area contributed by atoms with E-state index < -0.39 is 0 Å². The SMILES string of the molecule is OCc1ccc2ccc3ccc4ccc5ccc6ccc(CO)cc6c5c4c3c2c1. The molecule has 2 N–H and O–H groups in total. The zero-order chi connectivity index (χ0) is 20.2. The molecule has 0 fully saturated rings. The number of aliphatic hydroxyl groups excluding tert-OH is 2. The first kappa shape index (κ1) is 17.4. The van der Waals surface area contributed by atoms with Gasteiger partial charge in [-0.15, -0.1) is 0 Å². The lowest BCUT2D eigenvalue weighted by atomic mass is 9.90. The number of rotatable bonds is 2. The van der Waals surface area contributed by atoms with Crippen molar-refractivity contribution >= 4 is 53.9 Å². The average Bonchev–Trinajstić information content (AvgIpc) is 2.82. The van der Waals surface area contributed by atoms with Gasteiger partial charge in [0.1, 0.15) is 0 Å². The molecule has 0 heterocycles. The van der Waals surface area contributed by atoms with Gasteiger partial charge in [-0.1, -0.05) is 72.8 Å². The fourth-order valence-electron chi connectivity index (χ4n) is 4.79. The number of benzene rings is 6. The van der Waals surface area contributed by atoms with Crippen LogP contribution < -0.4 is 0 Å². The summed E-state index contributed by atoms with van der Waals surface area (Å²) in [5, 5.41) is 31.3. The highest BCUT2D eigenvalue weighted by Gasteiger charge is 2.12. The summed E-state index contributed by atoms with van der Waals surface area (Å²) in [4.78, 5) is 0. The first-order valence-corrected chi connectivity index (χ1v) is 10.2. The van der Waals surface area contributed by atoms with Crippen LogP contribution in [0, 0.1) is 0 Å². The highest BCUT2D eigenvalue weighted by Crippen LogP contribution is 2.39. The van der Waals surface area contributed by atoms with Crippen molar-refractivity contribution in [2.75, 3.05) is 0 Å². The molecule has 0 atom stereocenters. The van der Waals surface area contributed by atoms with E-state index in [2.05, 4.69) is 72.8 Å². The molecule has 0 saturated heterocycles. The van der Waals surface area contributed by atoms with Crippen LogP contribution in [0.2, 0.25) is 0 Å². The standard InChI is InChI=1S/C28H20O2/c29-15-17-1-3-19-5-7-21-9-11-23-12-10-22-8-6-20-4-2-18(16-30)14-25(20)27(22)28(23)26(21)24(19)13-17/h1-14,29-30H,15-16H2. The number of fused-ring (bicyclic) bond motifs is 9. The second-order valence-corrected chi connectivity index (χ2v) is 7.98. The molecule has 0 bridgehead atoms. The number of hydrogen-bond donors (Lipinski definition) is 2. The summed E-state index contributed by atoms with van der Waals surface area (Å²) in [5.41, 5.74) is 1.83. The Hall–Kier alpha value is -3.46. The lowest BCUT2D eigenvalue weighted by Crippen LogP contribution is -1.88. The monoisotopic (exact) mass is 388 g/mol. The molecule has 6 rings (SSSR count). The van der Waals surface area contributed by atoms with Crippen molar-refractivity contribution in [3.63, 3.8) is 0 Å². The van der Waals surface area contributed by atoms with Gasteiger partial charge in [-0.05, 0) is 77.1 Å². The van der Waals surface area contributed by atoms with E-state index in [0.29, 0.717) is 0 Å². The summed E-state index contributed by atoms with van der Waals surface area (Å²) in [6, 6.07) is 29.8. The van der Waals surface area contributed by atoms with Crippen molar-refractivity contribution in [1.82, 2.24) is 0 Å². The maximum absolute atomic E-state index is 9.73. The topological polar surface area (TPSA) is 40.5 Å². The Morgan fingerprint density at radius 2 is 0.733 bits per heavy atom. The van der Waals surface area contributed by atoms with Gasteiger partial charge in [0, 0.05) is 0 Å². The Bertz CT molecular complexity index is 1480. The van der Waals surface area contributed by atoms with E-state index in [1.54, 1.807) is 0 Å². The molecule has 6 aromatic rings. The van der Waals surface area contributed by atoms with E-state index in [1.807, 2.05) is 12.1 Å². The van der Waals surface area contributed by atoms with Crippen molar-refractivity contribution in [1.29, 1.82) is 0 Å². The van der Waals surface area contributed by atoms with Gasteiger partial charge in [-0.3, -0.25) is 0 Å². The quantitative estimate of drug-likeness (QED) is 0.335. The summed E-state index contributed by atoms with van der Waals surface area (Å²) in [6.07, 6.45) is 0. The summed E-state index contributed by atoms with van der Waals surface area (Å²) >= 11 is 0. The predicted molar refractivity (Wildman–Crippen MR) is 126 cm³/mol. The maximum Gasteiger partial charge on any atom is 0.0682 e. The summed E-state index contributed by atoms with van der Waals surface area (Å²) < 4.78 is 0. The first-order chi connectivity index (χ1) is 14.8. The van der Waals surface area contributed by atoms with E-state index in [1.165, 1.54) is 43.1 Å². The van der Waals surface area contributed by atoms with Crippen molar-refractivity contribution in [3.8, 4) is 0 Å². The van der Waals surface area contributed by atoms with Crippen molar-refractivity contribution in [2.45, 2.75) is 13.2 Å². The predicted octanol–water partition coefficient (Wildman–Crippen LogP) is 6.44. The molecule has 0 spiro atoms. The van der Waals surface area contributed by atoms with E-state index in [4.69, 9.17) is 0 Å². The zero-order valence-electron chi connectivity index (χ0n) is 16.4. The van der Waals surface area contributed by atoms with Crippen LogP contribution in [-0.4, -0.2) is 10.2 Å². The molecule has 0 unspecified atom stereocenters. The third kappa shape index (κ3) is 2.45. The van der Waals surface area contributed by atoms with Crippen LogP contribution in [0.25, 0.3) is 53.9 Å². The lowest BCUT2D eigenvalue weighted by Gasteiger charge is -2.14. The van der Waals surface area contributed by atoms with Crippen molar-refractivity contribution in [2.24, 2.45) is 0 Å². The Balaban J connectivity index is 1.94. The van der Waals surface area contributed by atoms with Gasteiger partial charge in [0.2, 0.25) is 0 Å². The Labute approximate surface area is 173 Å². The van der Waals surface area contributed by atoms with Gasteiger partial charge in [0.15, 0.2) is 0 Å². The molecule has 0 saturated carbocycles. The van der Waals surface area contributed by atoms with Gasteiger partial charge in [0.05, 0.1) is 13.2 Å². The molecule has 6 aromatic carbocycles. The highest BCUT2D eigenvalue weighted by atomic mass is 16.3. The van der Waals surface area contributed by atoms with E-state index >= 15 is 0 Å². The van der Waals surface area contributed by atoms with Crippen molar-refractivity contribution in [3.05, 3.63) is 96.1 Å². The lowest BCUT2D eigenvalue weighted by molar-refractivity contribution is 0.282. The van der Waals surface area contributed by atoms with Gasteiger partial charge in [-0.25, -0.2) is 0 Å². The molecule has 0 aliphatic rings. The average molecular weight is 388 g/mol. The van der Waals surface area contributed by atoms with Crippen molar-refractivity contribution < 1.29 is 10.2 Å². The van der Waals surface area contributed by atoms with Gasteiger partial charge < -0.3 is 10.2 Å². The van der Waals surface area contributed by atoms with Gasteiger partial charge >= 0.3 is 0 Å². The van der Waals surface area contributed by atoms with Crippen LogP contribution in [0.15, 0.2) is 84.9 Å².